The van der Waals surface area contributed by atoms with Crippen molar-refractivity contribution in [3.63, 3.8) is 0 Å². The van der Waals surface area contributed by atoms with Gasteiger partial charge in [-0.3, -0.25) is 0 Å². The molecule has 5 nitrogen and oxygen atoms in total. The van der Waals surface area contributed by atoms with Gasteiger partial charge < -0.3 is 24.1 Å². The van der Waals surface area contributed by atoms with Crippen molar-refractivity contribution in [2.45, 2.75) is 6.42 Å². The van der Waals surface area contributed by atoms with Crippen molar-refractivity contribution in [2.24, 2.45) is 5.41 Å². The molecule has 2 rings (SSSR count). The molecule has 0 radical (unpaired) electrons. The first-order valence-electron chi connectivity index (χ1n) is 6.15. The Morgan fingerprint density at radius 2 is 1.68 bits per heavy atom. The monoisotopic (exact) mass is 268 g/mol. The molecule has 1 aliphatic heterocycles. The van der Waals surface area contributed by atoms with Crippen LogP contribution >= 0.6 is 0 Å². The Morgan fingerprint density at radius 1 is 1.11 bits per heavy atom. The minimum atomic E-state index is -0.227. The van der Waals surface area contributed by atoms with E-state index in [2.05, 4.69) is 0 Å². The van der Waals surface area contributed by atoms with Gasteiger partial charge in [0.15, 0.2) is 0 Å². The first kappa shape index (κ1) is 14.0. The lowest BCUT2D eigenvalue weighted by Crippen LogP contribution is -2.47. The second-order valence-corrected chi connectivity index (χ2v) is 4.84. The van der Waals surface area contributed by atoms with E-state index in [9.17, 15) is 5.11 Å². The van der Waals surface area contributed by atoms with Crippen LogP contribution in [0.15, 0.2) is 12.1 Å². The van der Waals surface area contributed by atoms with Crippen LogP contribution < -0.4 is 14.2 Å². The highest BCUT2D eigenvalue weighted by molar-refractivity contribution is 5.51. The van der Waals surface area contributed by atoms with E-state index in [1.54, 1.807) is 21.3 Å². The highest BCUT2D eigenvalue weighted by Crippen LogP contribution is 2.40. The maximum atomic E-state index is 9.54. The molecule has 0 spiro atoms. The molecular weight excluding hydrogens is 248 g/mol. The number of aliphatic hydroxyl groups excluding tert-OH is 1. The van der Waals surface area contributed by atoms with Gasteiger partial charge in [-0.1, -0.05) is 0 Å². The molecule has 1 N–H and O–H groups in total. The average molecular weight is 268 g/mol. The highest BCUT2D eigenvalue weighted by atomic mass is 16.5. The SMILES string of the molecule is COc1cc(OC)c(CC2(CO)COC2)c(OC)c1. The van der Waals surface area contributed by atoms with Gasteiger partial charge in [0.1, 0.15) is 17.2 Å². The van der Waals surface area contributed by atoms with E-state index in [1.165, 1.54) is 0 Å². The van der Waals surface area contributed by atoms with Crippen molar-refractivity contribution >= 4 is 0 Å². The molecule has 0 saturated carbocycles. The van der Waals surface area contributed by atoms with E-state index >= 15 is 0 Å². The molecule has 5 heteroatoms. The van der Waals surface area contributed by atoms with Crippen molar-refractivity contribution in [2.75, 3.05) is 41.2 Å². The van der Waals surface area contributed by atoms with E-state index in [1.807, 2.05) is 12.1 Å². The molecule has 1 aliphatic rings. The minimum absolute atomic E-state index is 0.0886. The Labute approximate surface area is 113 Å². The summed E-state index contributed by atoms with van der Waals surface area (Å²) in [6.07, 6.45) is 0.653. The third kappa shape index (κ3) is 2.62. The first-order chi connectivity index (χ1) is 9.18. The molecule has 0 unspecified atom stereocenters. The molecule has 19 heavy (non-hydrogen) atoms. The van der Waals surface area contributed by atoms with Gasteiger partial charge in [0, 0.05) is 23.1 Å². The second kappa shape index (κ2) is 5.67. The highest BCUT2D eigenvalue weighted by Gasteiger charge is 2.39. The number of aliphatic hydroxyl groups is 1. The fourth-order valence-electron chi connectivity index (χ4n) is 2.27. The van der Waals surface area contributed by atoms with Crippen LogP contribution in [0, 0.1) is 5.41 Å². The topological polar surface area (TPSA) is 57.2 Å². The summed E-state index contributed by atoms with van der Waals surface area (Å²) in [6, 6.07) is 3.64. The second-order valence-electron chi connectivity index (χ2n) is 4.84. The zero-order valence-corrected chi connectivity index (χ0v) is 11.6. The van der Waals surface area contributed by atoms with Crippen molar-refractivity contribution in [3.8, 4) is 17.2 Å². The van der Waals surface area contributed by atoms with E-state index in [0.29, 0.717) is 36.9 Å². The van der Waals surface area contributed by atoms with E-state index < -0.39 is 0 Å². The standard InChI is InChI=1S/C14H20O5/c1-16-10-4-12(17-2)11(13(5-10)18-3)6-14(7-15)8-19-9-14/h4-5,15H,6-9H2,1-3H3. The summed E-state index contributed by atoms with van der Waals surface area (Å²) in [7, 11) is 4.82. The molecule has 1 heterocycles. The first-order valence-corrected chi connectivity index (χ1v) is 6.15. The zero-order valence-electron chi connectivity index (χ0n) is 11.6. The molecule has 0 bridgehead atoms. The fourth-order valence-corrected chi connectivity index (χ4v) is 2.27. The molecule has 1 aromatic rings. The van der Waals surface area contributed by atoms with Crippen LogP contribution in [0.5, 0.6) is 17.2 Å². The Morgan fingerprint density at radius 3 is 2.00 bits per heavy atom. The van der Waals surface area contributed by atoms with E-state index in [-0.39, 0.29) is 12.0 Å². The number of hydrogen-bond donors (Lipinski definition) is 1. The van der Waals surface area contributed by atoms with Gasteiger partial charge in [-0.05, 0) is 6.42 Å². The van der Waals surface area contributed by atoms with Gasteiger partial charge in [0.05, 0.1) is 41.2 Å². The molecule has 1 aromatic carbocycles. The number of ether oxygens (including phenoxy) is 4. The summed E-state index contributed by atoms with van der Waals surface area (Å²) < 4.78 is 21.3. The molecule has 1 fully saturated rings. The van der Waals surface area contributed by atoms with Crippen LogP contribution in [0.1, 0.15) is 5.56 Å². The smallest absolute Gasteiger partial charge is 0.129 e. The maximum absolute atomic E-state index is 9.54. The predicted molar refractivity (Wildman–Crippen MR) is 70.1 cm³/mol. The predicted octanol–water partition coefficient (Wildman–Crippen LogP) is 1.26. The third-order valence-electron chi connectivity index (χ3n) is 3.52. The van der Waals surface area contributed by atoms with Crippen LogP contribution in [0.3, 0.4) is 0 Å². The summed E-state index contributed by atoms with van der Waals surface area (Å²) in [5, 5.41) is 9.54. The van der Waals surface area contributed by atoms with Gasteiger partial charge >= 0.3 is 0 Å². The quantitative estimate of drug-likeness (QED) is 0.842. The van der Waals surface area contributed by atoms with E-state index in [0.717, 1.165) is 5.56 Å². The van der Waals surface area contributed by atoms with Crippen LogP contribution in [0.2, 0.25) is 0 Å². The van der Waals surface area contributed by atoms with Crippen molar-refractivity contribution < 1.29 is 24.1 Å². The molecule has 1 saturated heterocycles. The lowest BCUT2D eigenvalue weighted by atomic mass is 9.80. The number of methoxy groups -OCH3 is 3. The van der Waals surface area contributed by atoms with Crippen LogP contribution in [-0.4, -0.2) is 46.3 Å². The van der Waals surface area contributed by atoms with Gasteiger partial charge in [-0.25, -0.2) is 0 Å². The normalized spacial score (nSPS) is 16.6. The lowest BCUT2D eigenvalue weighted by Gasteiger charge is -2.40. The molecule has 106 valence electrons. The van der Waals surface area contributed by atoms with Crippen LogP contribution in [0.25, 0.3) is 0 Å². The van der Waals surface area contributed by atoms with Crippen LogP contribution in [-0.2, 0) is 11.2 Å². The van der Waals surface area contributed by atoms with Crippen molar-refractivity contribution in [3.05, 3.63) is 17.7 Å². The summed E-state index contributed by atoms with van der Waals surface area (Å²) in [5.74, 6) is 2.09. The van der Waals surface area contributed by atoms with Gasteiger partial charge in [-0.15, -0.1) is 0 Å². The number of hydrogen-bond acceptors (Lipinski definition) is 5. The van der Waals surface area contributed by atoms with Crippen molar-refractivity contribution in [1.82, 2.24) is 0 Å². The Balaban J connectivity index is 2.36. The minimum Gasteiger partial charge on any atom is -0.496 e. The Hall–Kier alpha value is -1.46. The maximum Gasteiger partial charge on any atom is 0.129 e. The molecule has 0 amide bonds. The summed E-state index contributed by atoms with van der Waals surface area (Å²) >= 11 is 0. The van der Waals surface area contributed by atoms with Gasteiger partial charge in [0.2, 0.25) is 0 Å². The van der Waals surface area contributed by atoms with Crippen LogP contribution in [0.4, 0.5) is 0 Å². The van der Waals surface area contributed by atoms with Gasteiger partial charge in [0.25, 0.3) is 0 Å². The van der Waals surface area contributed by atoms with Crippen molar-refractivity contribution in [1.29, 1.82) is 0 Å². The molecule has 0 atom stereocenters. The molecule has 0 aliphatic carbocycles. The Kier molecular flexibility index (Phi) is 4.17. The van der Waals surface area contributed by atoms with E-state index in [4.69, 9.17) is 18.9 Å². The summed E-state index contributed by atoms with van der Waals surface area (Å²) in [6.45, 7) is 1.20. The largest absolute Gasteiger partial charge is 0.496 e. The van der Waals surface area contributed by atoms with Gasteiger partial charge in [-0.2, -0.15) is 0 Å². The fraction of sp³-hybridized carbons (Fsp3) is 0.571. The average Bonchev–Trinajstić information content (AvgIpc) is 2.42. The number of rotatable bonds is 6. The summed E-state index contributed by atoms with van der Waals surface area (Å²) in [4.78, 5) is 0. The third-order valence-corrected chi connectivity index (χ3v) is 3.52. The molecular formula is C14H20O5. The molecule has 0 aromatic heterocycles. The lowest BCUT2D eigenvalue weighted by molar-refractivity contribution is -0.136. The zero-order chi connectivity index (χ0) is 13.9. The summed E-state index contributed by atoms with van der Waals surface area (Å²) in [5.41, 5.74) is 0.706. The number of benzene rings is 1. The Bertz CT molecular complexity index is 409.